The van der Waals surface area contributed by atoms with Crippen molar-refractivity contribution in [3.63, 3.8) is 0 Å². The van der Waals surface area contributed by atoms with E-state index in [4.69, 9.17) is 21.4 Å². The number of aromatic carboxylic acids is 1. The number of methoxy groups -OCH3 is 1. The van der Waals surface area contributed by atoms with E-state index in [-0.39, 0.29) is 16.1 Å². The van der Waals surface area contributed by atoms with Gasteiger partial charge >= 0.3 is 5.97 Å². The van der Waals surface area contributed by atoms with Gasteiger partial charge in [-0.15, -0.1) is 0 Å². The molecule has 0 aliphatic rings. The number of ether oxygens (including phenoxy) is 1. The van der Waals surface area contributed by atoms with E-state index in [2.05, 4.69) is 0 Å². The molecule has 0 radical (unpaired) electrons. The monoisotopic (exact) mass is 294 g/mol. The fourth-order valence-corrected chi connectivity index (χ4v) is 2.17. The van der Waals surface area contributed by atoms with Crippen LogP contribution in [0.2, 0.25) is 5.02 Å². The quantitative estimate of drug-likeness (QED) is 0.924. The van der Waals surface area contributed by atoms with Crippen molar-refractivity contribution in [3.05, 3.63) is 52.3 Å². The Bertz CT molecular complexity index is 683. The number of carbonyl (C=O) groups is 1. The van der Waals surface area contributed by atoms with Crippen molar-refractivity contribution in [1.29, 1.82) is 0 Å². The highest BCUT2D eigenvalue weighted by atomic mass is 35.5. The summed E-state index contributed by atoms with van der Waals surface area (Å²) >= 11 is 5.89. The van der Waals surface area contributed by atoms with Gasteiger partial charge in [0.25, 0.3) is 0 Å². The summed E-state index contributed by atoms with van der Waals surface area (Å²) in [6, 6.07) is 7.30. The molecule has 2 aromatic rings. The molecule has 1 N–H and O–H groups in total. The van der Waals surface area contributed by atoms with Gasteiger partial charge < -0.3 is 9.84 Å². The molecule has 3 nitrogen and oxygen atoms in total. The van der Waals surface area contributed by atoms with Crippen molar-refractivity contribution in [3.8, 4) is 16.9 Å². The molecule has 0 amide bonds. The number of benzene rings is 2. The Balaban J connectivity index is 2.67. The third-order valence-electron chi connectivity index (χ3n) is 2.92. The molecule has 20 heavy (non-hydrogen) atoms. The number of aryl methyl sites for hydroxylation is 1. The van der Waals surface area contributed by atoms with Crippen LogP contribution < -0.4 is 4.74 Å². The van der Waals surface area contributed by atoms with Gasteiger partial charge in [0.15, 0.2) is 0 Å². The topological polar surface area (TPSA) is 46.5 Å². The smallest absolute Gasteiger partial charge is 0.335 e. The first-order valence-electron chi connectivity index (χ1n) is 5.80. The Labute approximate surface area is 120 Å². The molecule has 0 saturated carbocycles. The molecule has 0 saturated heterocycles. The van der Waals surface area contributed by atoms with Gasteiger partial charge in [0.05, 0.1) is 12.7 Å². The van der Waals surface area contributed by atoms with Gasteiger partial charge in [-0.25, -0.2) is 9.18 Å². The van der Waals surface area contributed by atoms with Crippen LogP contribution >= 0.6 is 11.6 Å². The summed E-state index contributed by atoms with van der Waals surface area (Å²) in [5, 5.41) is 9.26. The second kappa shape index (κ2) is 5.51. The van der Waals surface area contributed by atoms with Crippen LogP contribution in [0.25, 0.3) is 11.1 Å². The Morgan fingerprint density at radius 1 is 1.25 bits per heavy atom. The third kappa shape index (κ3) is 2.75. The highest BCUT2D eigenvalue weighted by molar-refractivity contribution is 6.31. The van der Waals surface area contributed by atoms with Crippen LogP contribution in [0.3, 0.4) is 0 Å². The molecule has 0 aromatic heterocycles. The predicted octanol–water partition coefficient (Wildman–Crippen LogP) is 4.16. The summed E-state index contributed by atoms with van der Waals surface area (Å²) in [7, 11) is 1.48. The molecule has 104 valence electrons. The van der Waals surface area contributed by atoms with Crippen molar-refractivity contribution in [2.24, 2.45) is 0 Å². The zero-order valence-corrected chi connectivity index (χ0v) is 11.7. The van der Waals surface area contributed by atoms with Gasteiger partial charge in [0.1, 0.15) is 11.6 Å². The molecule has 2 aromatic carbocycles. The molecule has 2 rings (SSSR count). The maximum Gasteiger partial charge on any atom is 0.335 e. The Kier molecular flexibility index (Phi) is 3.95. The molecule has 0 spiro atoms. The predicted molar refractivity (Wildman–Crippen MR) is 75.1 cm³/mol. The molecule has 0 atom stereocenters. The van der Waals surface area contributed by atoms with Gasteiger partial charge in [-0.3, -0.25) is 0 Å². The molecular weight excluding hydrogens is 283 g/mol. The first-order valence-corrected chi connectivity index (χ1v) is 6.18. The molecule has 5 heteroatoms. The Hall–Kier alpha value is -2.07. The van der Waals surface area contributed by atoms with Crippen LogP contribution in [-0.4, -0.2) is 18.2 Å². The lowest BCUT2D eigenvalue weighted by atomic mass is 10.00. The van der Waals surface area contributed by atoms with E-state index in [0.717, 1.165) is 0 Å². The minimum atomic E-state index is -1.12. The van der Waals surface area contributed by atoms with E-state index in [1.165, 1.54) is 31.4 Å². The van der Waals surface area contributed by atoms with Gasteiger partial charge in [-0.1, -0.05) is 11.6 Å². The second-order valence-electron chi connectivity index (χ2n) is 4.34. The molecule has 0 unspecified atom stereocenters. The fourth-order valence-electron chi connectivity index (χ4n) is 1.93. The van der Waals surface area contributed by atoms with Crippen molar-refractivity contribution in [2.45, 2.75) is 6.92 Å². The molecule has 0 aliphatic carbocycles. The zero-order valence-electron chi connectivity index (χ0n) is 10.9. The van der Waals surface area contributed by atoms with Crippen molar-refractivity contribution >= 4 is 17.6 Å². The SMILES string of the molecule is COc1cc(C)c(F)c(-c2cc(Cl)cc(C(=O)O)c2)c1. The third-order valence-corrected chi connectivity index (χ3v) is 3.14. The molecule has 0 bridgehead atoms. The highest BCUT2D eigenvalue weighted by Gasteiger charge is 2.14. The first kappa shape index (κ1) is 14.3. The minimum absolute atomic E-state index is 0.00683. The van der Waals surface area contributed by atoms with Crippen LogP contribution in [0.1, 0.15) is 15.9 Å². The normalized spacial score (nSPS) is 10.4. The average Bonchev–Trinajstić information content (AvgIpc) is 2.40. The van der Waals surface area contributed by atoms with Crippen molar-refractivity contribution in [2.75, 3.05) is 7.11 Å². The number of hydrogen-bond acceptors (Lipinski definition) is 2. The van der Waals surface area contributed by atoms with Crippen LogP contribution in [0.5, 0.6) is 5.75 Å². The van der Waals surface area contributed by atoms with E-state index < -0.39 is 11.8 Å². The summed E-state index contributed by atoms with van der Waals surface area (Å²) < 4.78 is 19.3. The summed E-state index contributed by atoms with van der Waals surface area (Å²) in [5.74, 6) is -1.05. The van der Waals surface area contributed by atoms with Crippen LogP contribution in [-0.2, 0) is 0 Å². The largest absolute Gasteiger partial charge is 0.497 e. The molecule has 0 fully saturated rings. The van der Waals surface area contributed by atoms with E-state index in [0.29, 0.717) is 16.9 Å². The number of carboxylic acid groups (broad SMARTS) is 1. The number of hydrogen-bond donors (Lipinski definition) is 1. The van der Waals surface area contributed by atoms with E-state index >= 15 is 0 Å². The summed E-state index contributed by atoms with van der Waals surface area (Å²) in [5.41, 5.74) is 1.07. The Morgan fingerprint density at radius 3 is 2.55 bits per heavy atom. The molecular formula is C15H12ClFO3. The summed E-state index contributed by atoms with van der Waals surface area (Å²) in [4.78, 5) is 11.0. The van der Waals surface area contributed by atoms with Gasteiger partial charge in [-0.05, 0) is 48.4 Å². The Morgan fingerprint density at radius 2 is 1.95 bits per heavy atom. The van der Waals surface area contributed by atoms with E-state index in [1.54, 1.807) is 13.0 Å². The van der Waals surface area contributed by atoms with Crippen molar-refractivity contribution < 1.29 is 19.0 Å². The lowest BCUT2D eigenvalue weighted by molar-refractivity contribution is 0.0697. The fraction of sp³-hybridized carbons (Fsp3) is 0.133. The number of carboxylic acids is 1. The van der Waals surface area contributed by atoms with E-state index in [9.17, 15) is 9.18 Å². The van der Waals surface area contributed by atoms with E-state index in [1.807, 2.05) is 0 Å². The lowest BCUT2D eigenvalue weighted by Crippen LogP contribution is -1.98. The first-order chi connectivity index (χ1) is 9.42. The maximum atomic E-state index is 14.2. The van der Waals surface area contributed by atoms with Gasteiger partial charge in [0.2, 0.25) is 0 Å². The highest BCUT2D eigenvalue weighted by Crippen LogP contribution is 2.32. The molecule has 0 heterocycles. The summed E-state index contributed by atoms with van der Waals surface area (Å²) in [6.45, 7) is 1.62. The molecule has 0 aliphatic heterocycles. The number of rotatable bonds is 3. The standard InChI is InChI=1S/C15H12ClFO3/c1-8-3-12(20-2)7-13(14(8)17)9-4-10(15(18)19)6-11(16)5-9/h3-7H,1-2H3,(H,18,19). The average molecular weight is 295 g/mol. The second-order valence-corrected chi connectivity index (χ2v) is 4.78. The van der Waals surface area contributed by atoms with Crippen LogP contribution in [0.4, 0.5) is 4.39 Å². The van der Waals surface area contributed by atoms with Crippen molar-refractivity contribution in [1.82, 2.24) is 0 Å². The zero-order chi connectivity index (χ0) is 14.9. The summed E-state index contributed by atoms with van der Waals surface area (Å²) in [6.07, 6.45) is 0. The van der Waals surface area contributed by atoms with Gasteiger partial charge in [0, 0.05) is 10.6 Å². The number of halogens is 2. The maximum absolute atomic E-state index is 14.2. The lowest BCUT2D eigenvalue weighted by Gasteiger charge is -2.10. The van der Waals surface area contributed by atoms with Gasteiger partial charge in [-0.2, -0.15) is 0 Å². The minimum Gasteiger partial charge on any atom is -0.497 e. The van der Waals surface area contributed by atoms with Crippen LogP contribution in [0, 0.1) is 12.7 Å². The van der Waals surface area contributed by atoms with Crippen LogP contribution in [0.15, 0.2) is 30.3 Å².